The van der Waals surface area contributed by atoms with Crippen LogP contribution in [0.25, 0.3) is 0 Å². The van der Waals surface area contributed by atoms with E-state index in [0.29, 0.717) is 25.9 Å². The predicted octanol–water partition coefficient (Wildman–Crippen LogP) is 0.568. The van der Waals surface area contributed by atoms with Crippen molar-refractivity contribution in [3.05, 3.63) is 0 Å². The predicted molar refractivity (Wildman–Crippen MR) is 73.5 cm³/mol. The Morgan fingerprint density at radius 1 is 1.28 bits per heavy atom. The van der Waals surface area contributed by atoms with Gasteiger partial charge in [-0.25, -0.2) is 0 Å². The lowest BCUT2D eigenvalue weighted by Crippen LogP contribution is -2.30. The van der Waals surface area contributed by atoms with Crippen LogP contribution in [0.4, 0.5) is 0 Å². The summed E-state index contributed by atoms with van der Waals surface area (Å²) in [6.07, 6.45) is 3.99. The van der Waals surface area contributed by atoms with E-state index in [1.807, 2.05) is 6.92 Å². The van der Waals surface area contributed by atoms with Crippen molar-refractivity contribution in [3.8, 4) is 0 Å². The monoisotopic (exact) mass is 277 g/mol. The lowest BCUT2D eigenvalue weighted by atomic mass is 10.2. The van der Waals surface area contributed by atoms with Gasteiger partial charge in [-0.1, -0.05) is 0 Å². The number of nitrogens with one attached hydrogen (secondary N) is 2. The molecule has 0 bridgehead atoms. The molecule has 1 saturated carbocycles. The minimum absolute atomic E-state index is 0. The second-order valence-electron chi connectivity index (χ2n) is 4.78. The molecule has 18 heavy (non-hydrogen) atoms. The summed E-state index contributed by atoms with van der Waals surface area (Å²) >= 11 is 0. The van der Waals surface area contributed by atoms with Crippen LogP contribution in [0.2, 0.25) is 0 Å². The largest absolute Gasteiger partial charge is 0.356 e. The van der Waals surface area contributed by atoms with E-state index in [9.17, 15) is 9.59 Å². The fraction of sp³-hybridized carbons (Fsp3) is 0.833. The Morgan fingerprint density at radius 3 is 2.50 bits per heavy atom. The minimum Gasteiger partial charge on any atom is -0.356 e. The Morgan fingerprint density at radius 2 is 1.94 bits per heavy atom. The van der Waals surface area contributed by atoms with Crippen LogP contribution in [0.3, 0.4) is 0 Å². The van der Waals surface area contributed by atoms with Gasteiger partial charge in [-0.2, -0.15) is 0 Å². The van der Waals surface area contributed by atoms with Crippen molar-refractivity contribution in [1.29, 1.82) is 0 Å². The SMILES string of the molecule is CC(N)CCNC(=O)CCCNC(=O)C1CC1.Cl. The summed E-state index contributed by atoms with van der Waals surface area (Å²) in [5.74, 6) is 0.420. The van der Waals surface area contributed by atoms with Gasteiger partial charge in [0.2, 0.25) is 11.8 Å². The third kappa shape index (κ3) is 8.31. The molecular weight excluding hydrogens is 254 g/mol. The molecule has 1 fully saturated rings. The molecule has 1 rings (SSSR count). The topological polar surface area (TPSA) is 84.2 Å². The third-order valence-electron chi connectivity index (χ3n) is 2.75. The zero-order valence-electron chi connectivity index (χ0n) is 10.9. The van der Waals surface area contributed by atoms with Crippen molar-refractivity contribution >= 4 is 24.2 Å². The molecule has 0 aromatic rings. The Hall–Kier alpha value is -0.810. The molecule has 106 valence electrons. The standard InChI is InChI=1S/C12H23N3O2.ClH/c1-9(13)6-8-14-11(16)3-2-7-15-12(17)10-4-5-10;/h9-10H,2-8,13H2,1H3,(H,14,16)(H,15,17);1H. The van der Waals surface area contributed by atoms with Gasteiger partial charge in [0.15, 0.2) is 0 Å². The van der Waals surface area contributed by atoms with Crippen molar-refractivity contribution in [2.75, 3.05) is 13.1 Å². The van der Waals surface area contributed by atoms with Gasteiger partial charge < -0.3 is 16.4 Å². The van der Waals surface area contributed by atoms with Crippen LogP contribution >= 0.6 is 12.4 Å². The van der Waals surface area contributed by atoms with Crippen LogP contribution in [0.15, 0.2) is 0 Å². The molecule has 1 aliphatic carbocycles. The highest BCUT2D eigenvalue weighted by Crippen LogP contribution is 2.28. The molecule has 0 spiro atoms. The molecule has 0 saturated heterocycles. The maximum atomic E-state index is 11.4. The van der Waals surface area contributed by atoms with Crippen LogP contribution in [-0.4, -0.2) is 30.9 Å². The van der Waals surface area contributed by atoms with Crippen LogP contribution < -0.4 is 16.4 Å². The lowest BCUT2D eigenvalue weighted by molar-refractivity contribution is -0.123. The van der Waals surface area contributed by atoms with Gasteiger partial charge in [0, 0.05) is 31.5 Å². The highest BCUT2D eigenvalue weighted by molar-refractivity contribution is 5.85. The quantitative estimate of drug-likeness (QED) is 0.567. The number of hydrogen-bond acceptors (Lipinski definition) is 3. The molecule has 0 radical (unpaired) electrons. The Labute approximate surface area is 115 Å². The fourth-order valence-electron chi connectivity index (χ4n) is 1.48. The summed E-state index contributed by atoms with van der Waals surface area (Å²) in [7, 11) is 0. The molecular formula is C12H24ClN3O2. The molecule has 0 aliphatic heterocycles. The molecule has 5 nitrogen and oxygen atoms in total. The minimum atomic E-state index is 0. The molecule has 1 aliphatic rings. The highest BCUT2D eigenvalue weighted by atomic mass is 35.5. The van der Waals surface area contributed by atoms with E-state index in [0.717, 1.165) is 19.3 Å². The van der Waals surface area contributed by atoms with Gasteiger partial charge >= 0.3 is 0 Å². The first-order chi connectivity index (χ1) is 8.09. The number of rotatable bonds is 8. The van der Waals surface area contributed by atoms with Crippen molar-refractivity contribution in [2.45, 2.75) is 45.1 Å². The highest BCUT2D eigenvalue weighted by Gasteiger charge is 2.28. The van der Waals surface area contributed by atoms with Crippen molar-refractivity contribution in [3.63, 3.8) is 0 Å². The zero-order chi connectivity index (χ0) is 12.7. The summed E-state index contributed by atoms with van der Waals surface area (Å²) in [6, 6.07) is 0.119. The average molecular weight is 278 g/mol. The summed E-state index contributed by atoms with van der Waals surface area (Å²) in [6.45, 7) is 3.14. The Kier molecular flexibility index (Phi) is 8.75. The fourth-order valence-corrected chi connectivity index (χ4v) is 1.48. The molecule has 0 heterocycles. The number of hydrogen-bond donors (Lipinski definition) is 3. The first kappa shape index (κ1) is 17.2. The number of amides is 2. The Bertz CT molecular complexity index is 268. The molecule has 6 heteroatoms. The van der Waals surface area contributed by atoms with Crippen molar-refractivity contribution in [2.24, 2.45) is 11.7 Å². The first-order valence-electron chi connectivity index (χ1n) is 6.39. The van der Waals surface area contributed by atoms with E-state index in [1.54, 1.807) is 0 Å². The van der Waals surface area contributed by atoms with Gasteiger partial charge in [0.05, 0.1) is 0 Å². The first-order valence-corrected chi connectivity index (χ1v) is 6.39. The summed E-state index contributed by atoms with van der Waals surface area (Å²) < 4.78 is 0. The van der Waals surface area contributed by atoms with Crippen LogP contribution in [0, 0.1) is 5.92 Å². The van der Waals surface area contributed by atoms with Crippen LogP contribution in [-0.2, 0) is 9.59 Å². The van der Waals surface area contributed by atoms with Gasteiger partial charge in [0.25, 0.3) is 0 Å². The van der Waals surface area contributed by atoms with Gasteiger partial charge in [-0.05, 0) is 32.6 Å². The molecule has 0 aromatic heterocycles. The van der Waals surface area contributed by atoms with E-state index >= 15 is 0 Å². The molecule has 4 N–H and O–H groups in total. The van der Waals surface area contributed by atoms with Gasteiger partial charge in [-0.15, -0.1) is 12.4 Å². The van der Waals surface area contributed by atoms with Crippen LogP contribution in [0.5, 0.6) is 0 Å². The normalized spacial score (nSPS) is 15.4. The summed E-state index contributed by atoms with van der Waals surface area (Å²) in [4.78, 5) is 22.6. The van der Waals surface area contributed by atoms with Crippen LogP contribution in [0.1, 0.15) is 39.0 Å². The second-order valence-corrected chi connectivity index (χ2v) is 4.78. The molecule has 1 unspecified atom stereocenters. The zero-order valence-corrected chi connectivity index (χ0v) is 11.7. The van der Waals surface area contributed by atoms with Gasteiger partial charge in [-0.3, -0.25) is 9.59 Å². The van der Waals surface area contributed by atoms with E-state index in [4.69, 9.17) is 5.73 Å². The summed E-state index contributed by atoms with van der Waals surface area (Å²) in [5, 5.41) is 5.64. The van der Waals surface area contributed by atoms with E-state index in [2.05, 4.69) is 10.6 Å². The summed E-state index contributed by atoms with van der Waals surface area (Å²) in [5.41, 5.74) is 5.57. The number of carbonyl (C=O) groups excluding carboxylic acids is 2. The van der Waals surface area contributed by atoms with E-state index < -0.39 is 0 Å². The molecule has 0 aromatic carbocycles. The molecule has 1 atom stereocenters. The van der Waals surface area contributed by atoms with E-state index in [-0.39, 0.29) is 36.2 Å². The number of halogens is 1. The van der Waals surface area contributed by atoms with Crippen molar-refractivity contribution < 1.29 is 9.59 Å². The Balaban J connectivity index is 0.00000289. The van der Waals surface area contributed by atoms with Gasteiger partial charge in [0.1, 0.15) is 0 Å². The smallest absolute Gasteiger partial charge is 0.223 e. The van der Waals surface area contributed by atoms with Crippen molar-refractivity contribution in [1.82, 2.24) is 10.6 Å². The average Bonchev–Trinajstić information content (AvgIpc) is 3.07. The number of carbonyl (C=O) groups is 2. The lowest BCUT2D eigenvalue weighted by Gasteiger charge is -2.07. The number of nitrogens with two attached hydrogens (primary N) is 1. The maximum Gasteiger partial charge on any atom is 0.223 e. The second kappa shape index (κ2) is 9.16. The molecule has 2 amide bonds. The van der Waals surface area contributed by atoms with E-state index in [1.165, 1.54) is 0 Å². The third-order valence-corrected chi connectivity index (χ3v) is 2.75. The maximum absolute atomic E-state index is 11.4.